The smallest absolute Gasteiger partial charge is 0.270 e. The molecule has 2 aromatic rings. The van der Waals surface area contributed by atoms with E-state index in [9.17, 15) is 19.7 Å². The molecule has 0 aliphatic heterocycles. The molecule has 1 N–H and O–H groups in total. The lowest BCUT2D eigenvalue weighted by atomic mass is 10.0. The summed E-state index contributed by atoms with van der Waals surface area (Å²) in [6.07, 6.45) is 0. The molecule has 0 fully saturated rings. The zero-order chi connectivity index (χ0) is 16.0. The topological polar surface area (TPSA) is 89.3 Å². The number of fused-ring (bicyclic) bond motifs is 3. The van der Waals surface area contributed by atoms with Gasteiger partial charge in [-0.05, 0) is 29.3 Å². The summed E-state index contributed by atoms with van der Waals surface area (Å²) in [7, 11) is 0. The van der Waals surface area contributed by atoms with E-state index in [4.69, 9.17) is 11.6 Å². The number of ketones is 1. The molecule has 0 saturated carbocycles. The Morgan fingerprint density at radius 3 is 2.45 bits per heavy atom. The molecule has 1 amide bonds. The summed E-state index contributed by atoms with van der Waals surface area (Å²) in [4.78, 5) is 33.9. The summed E-state index contributed by atoms with van der Waals surface area (Å²) < 4.78 is 0. The highest BCUT2D eigenvalue weighted by Gasteiger charge is 2.29. The van der Waals surface area contributed by atoms with Gasteiger partial charge in [0.2, 0.25) is 5.91 Å². The van der Waals surface area contributed by atoms with Gasteiger partial charge in [-0.25, -0.2) is 0 Å². The molecular formula is C15H9ClN2O4. The van der Waals surface area contributed by atoms with E-state index >= 15 is 0 Å². The second-order valence-corrected chi connectivity index (χ2v) is 5.28. The summed E-state index contributed by atoms with van der Waals surface area (Å²) in [6, 6.07) is 7.21. The first-order valence-electron chi connectivity index (χ1n) is 6.33. The number of hydrogen-bond donors (Lipinski definition) is 1. The fourth-order valence-corrected chi connectivity index (χ4v) is 2.69. The Kier molecular flexibility index (Phi) is 3.18. The van der Waals surface area contributed by atoms with E-state index < -0.39 is 4.92 Å². The lowest BCUT2D eigenvalue weighted by Gasteiger charge is -2.07. The van der Waals surface area contributed by atoms with Gasteiger partial charge in [0.15, 0.2) is 5.78 Å². The largest absolute Gasteiger partial charge is 0.325 e. The van der Waals surface area contributed by atoms with Crippen LogP contribution in [0.4, 0.5) is 11.4 Å². The molecule has 0 unspecified atom stereocenters. The van der Waals surface area contributed by atoms with Crippen LogP contribution < -0.4 is 5.32 Å². The van der Waals surface area contributed by atoms with Crippen LogP contribution in [0.15, 0.2) is 30.3 Å². The maximum atomic E-state index is 12.4. The first-order chi connectivity index (χ1) is 10.4. The third kappa shape index (κ3) is 2.14. The number of amides is 1. The predicted octanol–water partition coefficient (Wildman–Crippen LogP) is 3.42. The number of nitro benzene ring substituents is 1. The highest BCUT2D eigenvalue weighted by molar-refractivity contribution is 6.35. The number of halogens is 1. The number of nitrogens with zero attached hydrogens (tertiary/aromatic N) is 1. The first kappa shape index (κ1) is 14.2. The molecule has 110 valence electrons. The van der Waals surface area contributed by atoms with E-state index in [1.807, 2.05) is 0 Å². The number of benzene rings is 2. The van der Waals surface area contributed by atoms with Crippen LogP contribution in [0, 0.1) is 10.1 Å². The minimum Gasteiger partial charge on any atom is -0.325 e. The Morgan fingerprint density at radius 2 is 1.82 bits per heavy atom. The number of carbonyl (C=O) groups excluding carboxylic acids is 2. The number of hydrogen-bond acceptors (Lipinski definition) is 4. The van der Waals surface area contributed by atoms with Crippen molar-refractivity contribution in [2.75, 3.05) is 5.32 Å². The fourth-order valence-electron chi connectivity index (χ4n) is 2.48. The fraction of sp³-hybridized carbons (Fsp3) is 0.0667. The molecule has 1 aliphatic carbocycles. The van der Waals surface area contributed by atoms with E-state index in [2.05, 4.69) is 5.32 Å². The number of rotatable bonds is 2. The first-order valence-corrected chi connectivity index (χ1v) is 6.71. The van der Waals surface area contributed by atoms with Crippen LogP contribution in [-0.2, 0) is 4.79 Å². The Hall–Kier alpha value is -2.73. The van der Waals surface area contributed by atoms with Crippen molar-refractivity contribution in [3.05, 3.63) is 56.6 Å². The maximum absolute atomic E-state index is 12.4. The Balaban J connectivity index is 2.17. The van der Waals surface area contributed by atoms with E-state index in [1.54, 1.807) is 6.07 Å². The number of non-ortho nitro benzene ring substituents is 1. The van der Waals surface area contributed by atoms with E-state index in [0.29, 0.717) is 27.4 Å². The number of nitro groups is 1. The molecule has 1 aliphatic rings. The summed E-state index contributed by atoms with van der Waals surface area (Å²) in [5, 5.41) is 13.7. The predicted molar refractivity (Wildman–Crippen MR) is 81.3 cm³/mol. The molecule has 0 saturated heterocycles. The third-order valence-corrected chi connectivity index (χ3v) is 3.72. The molecule has 6 nitrogen and oxygen atoms in total. The van der Waals surface area contributed by atoms with Gasteiger partial charge >= 0.3 is 0 Å². The molecule has 2 aromatic carbocycles. The molecule has 7 heteroatoms. The molecule has 0 spiro atoms. The van der Waals surface area contributed by atoms with E-state index in [0.717, 1.165) is 0 Å². The Morgan fingerprint density at radius 1 is 1.14 bits per heavy atom. The lowest BCUT2D eigenvalue weighted by molar-refractivity contribution is -0.384. The van der Waals surface area contributed by atoms with Crippen LogP contribution in [0.2, 0.25) is 5.02 Å². The minimum atomic E-state index is -0.549. The van der Waals surface area contributed by atoms with E-state index in [1.165, 1.54) is 31.2 Å². The maximum Gasteiger partial charge on any atom is 0.270 e. The van der Waals surface area contributed by atoms with Crippen molar-refractivity contribution in [1.82, 2.24) is 0 Å². The molecule has 0 atom stereocenters. The zero-order valence-corrected chi connectivity index (χ0v) is 12.1. The van der Waals surface area contributed by atoms with Crippen LogP contribution in [0.1, 0.15) is 22.8 Å². The van der Waals surface area contributed by atoms with Gasteiger partial charge in [-0.15, -0.1) is 0 Å². The van der Waals surface area contributed by atoms with Gasteiger partial charge < -0.3 is 5.32 Å². The van der Waals surface area contributed by atoms with Crippen LogP contribution in [0.3, 0.4) is 0 Å². The monoisotopic (exact) mass is 316 g/mol. The average Bonchev–Trinajstić information content (AvgIpc) is 2.71. The van der Waals surface area contributed by atoms with Gasteiger partial charge in [0.25, 0.3) is 5.69 Å². The molecule has 0 aromatic heterocycles. The molecular weight excluding hydrogens is 308 g/mol. The molecule has 0 bridgehead atoms. The van der Waals surface area contributed by atoms with E-state index in [-0.39, 0.29) is 22.9 Å². The lowest BCUT2D eigenvalue weighted by Crippen LogP contribution is -2.07. The standard InChI is InChI=1S/C15H9ClN2O4/c1-7(19)17-14-6-12-10(5-13(14)16)9-3-2-8(18(21)22)4-11(9)15(12)20/h2-6H,1H3,(H,17,19). The highest BCUT2D eigenvalue weighted by Crippen LogP contribution is 2.41. The highest BCUT2D eigenvalue weighted by atomic mass is 35.5. The SMILES string of the molecule is CC(=O)Nc1cc2c(cc1Cl)-c1ccc([N+](=O)[O-])cc1C2=O. The van der Waals surface area contributed by atoms with Crippen molar-refractivity contribution in [1.29, 1.82) is 0 Å². The Labute approximate surface area is 129 Å². The molecule has 3 rings (SSSR count). The third-order valence-electron chi connectivity index (χ3n) is 3.41. The van der Waals surface area contributed by atoms with Crippen molar-refractivity contribution in [2.24, 2.45) is 0 Å². The Bertz CT molecular complexity index is 861. The van der Waals surface area contributed by atoms with Crippen LogP contribution in [0.25, 0.3) is 11.1 Å². The van der Waals surface area contributed by atoms with Crippen LogP contribution in [0.5, 0.6) is 0 Å². The molecule has 0 heterocycles. The second kappa shape index (κ2) is 4.92. The summed E-state index contributed by atoms with van der Waals surface area (Å²) in [6.45, 7) is 1.34. The van der Waals surface area contributed by atoms with Gasteiger partial charge in [-0.1, -0.05) is 11.6 Å². The van der Waals surface area contributed by atoms with Gasteiger partial charge in [-0.2, -0.15) is 0 Å². The van der Waals surface area contributed by atoms with Gasteiger partial charge in [0.05, 0.1) is 15.6 Å². The van der Waals surface area contributed by atoms with Crippen LogP contribution >= 0.6 is 11.6 Å². The average molecular weight is 317 g/mol. The van der Waals surface area contributed by atoms with Crippen molar-refractivity contribution >= 4 is 34.7 Å². The number of nitrogens with one attached hydrogen (secondary N) is 1. The molecule has 0 radical (unpaired) electrons. The van der Waals surface area contributed by atoms with Crippen molar-refractivity contribution in [3.63, 3.8) is 0 Å². The van der Waals surface area contributed by atoms with Gasteiger partial charge in [0, 0.05) is 30.2 Å². The van der Waals surface area contributed by atoms with Crippen molar-refractivity contribution < 1.29 is 14.5 Å². The number of anilines is 1. The second-order valence-electron chi connectivity index (χ2n) is 4.87. The minimum absolute atomic E-state index is 0.145. The summed E-state index contributed by atoms with van der Waals surface area (Å²) in [5.74, 6) is -0.627. The quantitative estimate of drug-likeness (QED) is 0.579. The summed E-state index contributed by atoms with van der Waals surface area (Å²) in [5.41, 5.74) is 2.02. The van der Waals surface area contributed by atoms with Crippen molar-refractivity contribution in [2.45, 2.75) is 6.92 Å². The zero-order valence-electron chi connectivity index (χ0n) is 11.3. The van der Waals surface area contributed by atoms with Crippen molar-refractivity contribution in [3.8, 4) is 11.1 Å². The summed E-state index contributed by atoms with van der Waals surface area (Å²) >= 11 is 6.11. The van der Waals surface area contributed by atoms with Crippen LogP contribution in [-0.4, -0.2) is 16.6 Å². The number of carbonyl (C=O) groups is 2. The van der Waals surface area contributed by atoms with Gasteiger partial charge in [-0.3, -0.25) is 19.7 Å². The van der Waals surface area contributed by atoms with Gasteiger partial charge in [0.1, 0.15) is 0 Å². The molecule has 22 heavy (non-hydrogen) atoms. The normalized spacial score (nSPS) is 11.8.